The molecule has 0 unspecified atom stereocenters. The number of hydrogen-bond acceptors (Lipinski definition) is 2. The summed E-state index contributed by atoms with van der Waals surface area (Å²) in [6.07, 6.45) is 0.316. The number of carbonyl (C=O) groups is 2. The van der Waals surface area contributed by atoms with E-state index >= 15 is 0 Å². The molecule has 0 aliphatic heterocycles. The summed E-state index contributed by atoms with van der Waals surface area (Å²) in [5.41, 5.74) is 1.19. The molecule has 0 saturated heterocycles. The molecule has 1 aromatic rings. The van der Waals surface area contributed by atoms with Crippen molar-refractivity contribution in [1.82, 2.24) is 0 Å². The molecule has 0 bridgehead atoms. The average molecular weight is 276 g/mol. The molecule has 2 nitrogen and oxygen atoms in total. The zero-order chi connectivity index (χ0) is 10.7. The number of ketones is 1. The van der Waals surface area contributed by atoms with Crippen LogP contribution >= 0.6 is 27.5 Å². The Kier molecular flexibility index (Phi) is 3.84. The standard InChI is InChI=1S/C10H8BrClO2/c1-6(13)2-7-3-8(10(12)14)5-9(11)4-7/h3-5H,2H2,1H3. The first kappa shape index (κ1) is 11.4. The smallest absolute Gasteiger partial charge is 0.252 e. The molecule has 0 amide bonds. The Balaban J connectivity index is 3.07. The summed E-state index contributed by atoms with van der Waals surface area (Å²) in [6, 6.07) is 5.05. The number of rotatable bonds is 3. The molecule has 4 heteroatoms. The van der Waals surface area contributed by atoms with Crippen molar-refractivity contribution in [2.45, 2.75) is 13.3 Å². The third-order valence-electron chi connectivity index (χ3n) is 1.64. The van der Waals surface area contributed by atoms with E-state index in [2.05, 4.69) is 15.9 Å². The second-order valence-corrected chi connectivity index (χ2v) is 4.26. The first-order chi connectivity index (χ1) is 6.49. The van der Waals surface area contributed by atoms with Gasteiger partial charge in [-0.1, -0.05) is 15.9 Å². The predicted octanol–water partition coefficient (Wildman–Crippen LogP) is 2.96. The van der Waals surface area contributed by atoms with Crippen LogP contribution in [0.3, 0.4) is 0 Å². The van der Waals surface area contributed by atoms with Gasteiger partial charge < -0.3 is 0 Å². The van der Waals surface area contributed by atoms with Gasteiger partial charge in [-0.25, -0.2) is 0 Å². The van der Waals surface area contributed by atoms with Gasteiger partial charge >= 0.3 is 0 Å². The van der Waals surface area contributed by atoms with E-state index in [0.29, 0.717) is 12.0 Å². The summed E-state index contributed by atoms with van der Waals surface area (Å²) in [7, 11) is 0. The molecule has 74 valence electrons. The lowest BCUT2D eigenvalue weighted by Crippen LogP contribution is -1.98. The van der Waals surface area contributed by atoms with Gasteiger partial charge in [0, 0.05) is 16.5 Å². The molecule has 0 aliphatic carbocycles. The fourth-order valence-electron chi connectivity index (χ4n) is 1.15. The van der Waals surface area contributed by atoms with Crippen molar-refractivity contribution in [3.05, 3.63) is 33.8 Å². The van der Waals surface area contributed by atoms with Crippen molar-refractivity contribution in [3.63, 3.8) is 0 Å². The van der Waals surface area contributed by atoms with Crippen LogP contribution in [0.1, 0.15) is 22.8 Å². The Labute approximate surface area is 95.4 Å². The maximum atomic E-state index is 10.9. The minimum atomic E-state index is -0.517. The normalized spacial score (nSPS) is 9.93. The van der Waals surface area contributed by atoms with Crippen molar-refractivity contribution in [2.24, 2.45) is 0 Å². The lowest BCUT2D eigenvalue weighted by atomic mass is 10.1. The highest BCUT2D eigenvalue weighted by molar-refractivity contribution is 9.10. The summed E-state index contributed by atoms with van der Waals surface area (Å²) in [5.74, 6) is 0.0519. The predicted molar refractivity (Wildman–Crippen MR) is 58.7 cm³/mol. The van der Waals surface area contributed by atoms with Crippen LogP contribution in [0.5, 0.6) is 0 Å². The van der Waals surface area contributed by atoms with Crippen LogP contribution in [0.4, 0.5) is 0 Å². The van der Waals surface area contributed by atoms with Gasteiger partial charge in [-0.3, -0.25) is 9.59 Å². The molecule has 0 atom stereocenters. The Morgan fingerprint density at radius 3 is 2.50 bits per heavy atom. The highest BCUT2D eigenvalue weighted by Crippen LogP contribution is 2.17. The van der Waals surface area contributed by atoms with Gasteiger partial charge in [-0.2, -0.15) is 0 Å². The van der Waals surface area contributed by atoms with E-state index in [1.807, 2.05) is 0 Å². The van der Waals surface area contributed by atoms with Crippen molar-refractivity contribution in [1.29, 1.82) is 0 Å². The molecule has 14 heavy (non-hydrogen) atoms. The first-order valence-corrected chi connectivity index (χ1v) is 5.15. The fraction of sp³-hybridized carbons (Fsp3) is 0.200. The van der Waals surface area contributed by atoms with Gasteiger partial charge in [0.1, 0.15) is 5.78 Å². The summed E-state index contributed by atoms with van der Waals surface area (Å²) in [6.45, 7) is 1.50. The zero-order valence-corrected chi connectivity index (χ0v) is 9.85. The van der Waals surface area contributed by atoms with E-state index in [0.717, 1.165) is 10.0 Å². The lowest BCUT2D eigenvalue weighted by Gasteiger charge is -2.01. The van der Waals surface area contributed by atoms with E-state index in [1.165, 1.54) is 6.92 Å². The van der Waals surface area contributed by atoms with E-state index in [-0.39, 0.29) is 5.78 Å². The van der Waals surface area contributed by atoms with E-state index in [1.54, 1.807) is 18.2 Å². The molecule has 0 radical (unpaired) electrons. The maximum Gasteiger partial charge on any atom is 0.252 e. The van der Waals surface area contributed by atoms with Crippen molar-refractivity contribution in [2.75, 3.05) is 0 Å². The first-order valence-electron chi connectivity index (χ1n) is 3.98. The molecule has 1 rings (SSSR count). The summed E-state index contributed by atoms with van der Waals surface area (Å²) in [5, 5.41) is -0.517. The number of carbonyl (C=O) groups excluding carboxylic acids is 2. The van der Waals surface area contributed by atoms with Crippen molar-refractivity contribution < 1.29 is 9.59 Å². The Morgan fingerprint density at radius 1 is 1.36 bits per heavy atom. The monoisotopic (exact) mass is 274 g/mol. The average Bonchev–Trinajstić information content (AvgIpc) is 2.01. The Morgan fingerprint density at radius 2 is 2.00 bits per heavy atom. The molecule has 1 aromatic carbocycles. The van der Waals surface area contributed by atoms with Crippen molar-refractivity contribution in [3.8, 4) is 0 Å². The van der Waals surface area contributed by atoms with Crippen LogP contribution in [0, 0.1) is 0 Å². The number of benzene rings is 1. The Bertz CT molecular complexity index is 388. The SMILES string of the molecule is CC(=O)Cc1cc(Br)cc(C(=O)Cl)c1. The number of Topliss-reactive ketones (excluding diaryl/α,β-unsaturated/α-hetero) is 1. The van der Waals surface area contributed by atoms with Crippen LogP contribution in [0.15, 0.2) is 22.7 Å². The fourth-order valence-corrected chi connectivity index (χ4v) is 1.80. The summed E-state index contributed by atoms with van der Waals surface area (Å²) < 4.78 is 0.750. The lowest BCUT2D eigenvalue weighted by molar-refractivity contribution is -0.116. The quantitative estimate of drug-likeness (QED) is 0.795. The largest absolute Gasteiger partial charge is 0.300 e. The highest BCUT2D eigenvalue weighted by Gasteiger charge is 2.06. The Hall–Kier alpha value is -0.670. The highest BCUT2D eigenvalue weighted by atomic mass is 79.9. The van der Waals surface area contributed by atoms with Gasteiger partial charge in [0.25, 0.3) is 5.24 Å². The van der Waals surface area contributed by atoms with Crippen molar-refractivity contribution >= 4 is 38.6 Å². The van der Waals surface area contributed by atoms with Gasteiger partial charge in [0.2, 0.25) is 0 Å². The summed E-state index contributed by atoms with van der Waals surface area (Å²) >= 11 is 8.59. The third-order valence-corrected chi connectivity index (χ3v) is 2.31. The van der Waals surface area contributed by atoms with Gasteiger partial charge in [0.15, 0.2) is 0 Å². The minimum Gasteiger partial charge on any atom is -0.300 e. The maximum absolute atomic E-state index is 10.9. The van der Waals surface area contributed by atoms with E-state index in [4.69, 9.17) is 11.6 Å². The number of hydrogen-bond donors (Lipinski definition) is 0. The third kappa shape index (κ3) is 3.24. The van der Waals surface area contributed by atoms with Crippen LogP contribution in [0.25, 0.3) is 0 Å². The van der Waals surface area contributed by atoms with Crippen LogP contribution in [-0.4, -0.2) is 11.0 Å². The summed E-state index contributed by atoms with van der Waals surface area (Å²) in [4.78, 5) is 21.8. The second kappa shape index (κ2) is 4.71. The molecule has 0 aliphatic rings. The van der Waals surface area contributed by atoms with Gasteiger partial charge in [-0.05, 0) is 42.3 Å². The molecule has 0 saturated carbocycles. The molecule has 0 spiro atoms. The van der Waals surface area contributed by atoms with Crippen LogP contribution in [-0.2, 0) is 11.2 Å². The van der Waals surface area contributed by atoms with Gasteiger partial charge in [0.05, 0.1) is 0 Å². The molecule has 0 aromatic heterocycles. The van der Waals surface area contributed by atoms with Crippen LogP contribution in [0.2, 0.25) is 0 Å². The second-order valence-electron chi connectivity index (χ2n) is 3.00. The molecule has 0 fully saturated rings. The topological polar surface area (TPSA) is 34.1 Å². The zero-order valence-electron chi connectivity index (χ0n) is 7.51. The molecular weight excluding hydrogens is 267 g/mol. The van der Waals surface area contributed by atoms with Crippen LogP contribution < -0.4 is 0 Å². The van der Waals surface area contributed by atoms with E-state index < -0.39 is 5.24 Å². The van der Waals surface area contributed by atoms with E-state index in [9.17, 15) is 9.59 Å². The minimum absolute atomic E-state index is 0.0519. The molecule has 0 heterocycles. The molecule has 0 N–H and O–H groups in total. The van der Waals surface area contributed by atoms with Gasteiger partial charge in [-0.15, -0.1) is 0 Å². The number of halogens is 2. The molecular formula is C10H8BrClO2.